The van der Waals surface area contributed by atoms with E-state index in [1.807, 2.05) is 0 Å². The third-order valence-electron chi connectivity index (χ3n) is 3.75. The van der Waals surface area contributed by atoms with Crippen LogP contribution in [0.3, 0.4) is 0 Å². The summed E-state index contributed by atoms with van der Waals surface area (Å²) in [7, 11) is 0. The average molecular weight is 313 g/mol. The largest absolute Gasteiger partial charge is 0.487 e. The minimum atomic E-state index is -2.58. The molecule has 120 valence electrons. The number of nitrogens with one attached hydrogen (secondary N) is 1. The molecule has 0 bridgehead atoms. The van der Waals surface area contributed by atoms with Crippen molar-refractivity contribution in [2.24, 2.45) is 11.8 Å². The van der Waals surface area contributed by atoms with Crippen LogP contribution in [0.15, 0.2) is 18.2 Å². The third kappa shape index (κ3) is 3.72. The molecular formula is C15H17F2NO4. The van der Waals surface area contributed by atoms with Gasteiger partial charge in [0.2, 0.25) is 5.91 Å². The number of hydrogen-bond acceptors (Lipinski definition) is 3. The molecule has 2 unspecified atom stereocenters. The first-order valence-corrected chi connectivity index (χ1v) is 6.93. The van der Waals surface area contributed by atoms with Gasteiger partial charge in [-0.15, -0.1) is 0 Å². The van der Waals surface area contributed by atoms with E-state index < -0.39 is 30.8 Å². The summed E-state index contributed by atoms with van der Waals surface area (Å²) < 4.78 is 29.4. The third-order valence-corrected chi connectivity index (χ3v) is 3.75. The van der Waals surface area contributed by atoms with Crippen LogP contribution < -0.4 is 10.1 Å². The van der Waals surface area contributed by atoms with E-state index in [1.165, 1.54) is 6.07 Å². The van der Waals surface area contributed by atoms with Gasteiger partial charge in [0.25, 0.3) is 6.43 Å². The first kappa shape index (κ1) is 16.2. The minimum absolute atomic E-state index is 0.265. The SMILES string of the molecule is Cc1ccc(NC(=O)C2CCC2C(=O)O)cc1OCC(F)F. The lowest BCUT2D eigenvalue weighted by Crippen LogP contribution is -2.41. The lowest BCUT2D eigenvalue weighted by molar-refractivity contribution is -0.151. The normalized spacial score (nSPS) is 20.4. The number of hydrogen-bond donors (Lipinski definition) is 2. The summed E-state index contributed by atoms with van der Waals surface area (Å²) in [6.45, 7) is 0.987. The minimum Gasteiger partial charge on any atom is -0.487 e. The van der Waals surface area contributed by atoms with E-state index in [2.05, 4.69) is 5.32 Å². The molecule has 0 saturated heterocycles. The molecule has 22 heavy (non-hydrogen) atoms. The zero-order valence-electron chi connectivity index (χ0n) is 12.0. The predicted molar refractivity (Wildman–Crippen MR) is 75.2 cm³/mol. The van der Waals surface area contributed by atoms with E-state index in [0.717, 1.165) is 0 Å². The molecule has 0 aliphatic heterocycles. The maximum absolute atomic E-state index is 12.2. The number of benzene rings is 1. The van der Waals surface area contributed by atoms with Gasteiger partial charge in [0.1, 0.15) is 12.4 Å². The van der Waals surface area contributed by atoms with Crippen molar-refractivity contribution in [2.75, 3.05) is 11.9 Å². The van der Waals surface area contributed by atoms with Crippen molar-refractivity contribution in [1.82, 2.24) is 0 Å². The molecule has 2 N–H and O–H groups in total. The van der Waals surface area contributed by atoms with Gasteiger partial charge in [-0.2, -0.15) is 0 Å². The van der Waals surface area contributed by atoms with Crippen molar-refractivity contribution >= 4 is 17.6 Å². The number of halogens is 2. The van der Waals surface area contributed by atoms with E-state index in [9.17, 15) is 18.4 Å². The number of carbonyl (C=O) groups excluding carboxylic acids is 1. The molecule has 2 atom stereocenters. The Kier molecular flexibility index (Phi) is 4.95. The number of amides is 1. The number of alkyl halides is 2. The fourth-order valence-electron chi connectivity index (χ4n) is 2.33. The topological polar surface area (TPSA) is 75.6 Å². The van der Waals surface area contributed by atoms with E-state index >= 15 is 0 Å². The summed E-state index contributed by atoms with van der Waals surface area (Å²) >= 11 is 0. The van der Waals surface area contributed by atoms with Crippen LogP contribution in [-0.2, 0) is 9.59 Å². The summed E-state index contributed by atoms with van der Waals surface area (Å²) in [5, 5.41) is 11.6. The van der Waals surface area contributed by atoms with Crippen LogP contribution in [0.1, 0.15) is 18.4 Å². The molecule has 1 aromatic rings. The zero-order valence-corrected chi connectivity index (χ0v) is 12.0. The highest BCUT2D eigenvalue weighted by Gasteiger charge is 2.41. The maximum Gasteiger partial charge on any atom is 0.307 e. The highest BCUT2D eigenvalue weighted by Crippen LogP contribution is 2.35. The Hall–Kier alpha value is -2.18. The molecule has 1 fully saturated rings. The van der Waals surface area contributed by atoms with Gasteiger partial charge in [0, 0.05) is 11.8 Å². The zero-order chi connectivity index (χ0) is 16.3. The maximum atomic E-state index is 12.2. The number of anilines is 1. The highest BCUT2D eigenvalue weighted by atomic mass is 19.3. The van der Waals surface area contributed by atoms with Gasteiger partial charge in [-0.3, -0.25) is 9.59 Å². The molecule has 0 spiro atoms. The van der Waals surface area contributed by atoms with Gasteiger partial charge in [-0.05, 0) is 31.4 Å². The first-order valence-electron chi connectivity index (χ1n) is 6.93. The summed E-state index contributed by atoms with van der Waals surface area (Å²) in [6, 6.07) is 4.73. The van der Waals surface area contributed by atoms with Crippen LogP contribution in [0, 0.1) is 18.8 Å². The number of ether oxygens (including phenoxy) is 1. The number of rotatable bonds is 6. The molecule has 2 rings (SSSR count). The summed E-state index contributed by atoms with van der Waals surface area (Å²) in [5.74, 6) is -2.29. The van der Waals surface area contributed by atoms with Crippen molar-refractivity contribution in [3.05, 3.63) is 23.8 Å². The van der Waals surface area contributed by atoms with Gasteiger partial charge in [0.05, 0.1) is 11.8 Å². The molecule has 1 aromatic carbocycles. The summed E-state index contributed by atoms with van der Waals surface area (Å²) in [4.78, 5) is 23.0. The second-order valence-corrected chi connectivity index (χ2v) is 5.30. The highest BCUT2D eigenvalue weighted by molar-refractivity contribution is 5.96. The molecule has 0 heterocycles. The van der Waals surface area contributed by atoms with Crippen molar-refractivity contribution < 1.29 is 28.2 Å². The molecule has 7 heteroatoms. The smallest absolute Gasteiger partial charge is 0.307 e. The number of aliphatic carboxylic acids is 1. The van der Waals surface area contributed by atoms with Crippen LogP contribution in [0.2, 0.25) is 0 Å². The van der Waals surface area contributed by atoms with Gasteiger partial charge in [0.15, 0.2) is 0 Å². The molecule has 1 amide bonds. The number of carboxylic acids is 1. The van der Waals surface area contributed by atoms with Crippen LogP contribution in [0.25, 0.3) is 0 Å². The molecule has 1 aliphatic carbocycles. The van der Waals surface area contributed by atoms with Gasteiger partial charge < -0.3 is 15.2 Å². The first-order chi connectivity index (χ1) is 10.4. The molecule has 5 nitrogen and oxygen atoms in total. The molecule has 1 aliphatic rings. The van der Waals surface area contributed by atoms with E-state index in [0.29, 0.717) is 24.1 Å². The number of aryl methyl sites for hydroxylation is 1. The van der Waals surface area contributed by atoms with E-state index in [1.54, 1.807) is 19.1 Å². The van der Waals surface area contributed by atoms with Crippen LogP contribution >= 0.6 is 0 Å². The fraction of sp³-hybridized carbons (Fsp3) is 0.467. The molecule has 0 aromatic heterocycles. The second-order valence-electron chi connectivity index (χ2n) is 5.30. The van der Waals surface area contributed by atoms with Crippen molar-refractivity contribution in [2.45, 2.75) is 26.2 Å². The quantitative estimate of drug-likeness (QED) is 0.846. The summed E-state index contributed by atoms with van der Waals surface area (Å²) in [5.41, 5.74) is 1.07. The summed E-state index contributed by atoms with van der Waals surface area (Å²) in [6.07, 6.45) is -1.56. The Morgan fingerprint density at radius 3 is 2.59 bits per heavy atom. The van der Waals surface area contributed by atoms with Crippen LogP contribution in [-0.4, -0.2) is 30.0 Å². The van der Waals surface area contributed by atoms with E-state index in [-0.39, 0.29) is 11.7 Å². The number of carboxylic acid groups (broad SMARTS) is 1. The Balaban J connectivity index is 2.02. The van der Waals surface area contributed by atoms with Crippen molar-refractivity contribution in [3.8, 4) is 5.75 Å². The van der Waals surface area contributed by atoms with Gasteiger partial charge >= 0.3 is 5.97 Å². The lowest BCUT2D eigenvalue weighted by Gasteiger charge is -2.31. The monoisotopic (exact) mass is 313 g/mol. The average Bonchev–Trinajstić information content (AvgIpc) is 2.37. The van der Waals surface area contributed by atoms with Gasteiger partial charge in [-0.25, -0.2) is 8.78 Å². The fourth-order valence-corrected chi connectivity index (χ4v) is 2.33. The molecule has 1 saturated carbocycles. The standard InChI is InChI=1S/C15H17F2NO4/c1-8-2-3-9(6-12(8)22-7-13(16)17)18-14(19)10-4-5-11(10)15(20)21/h2-3,6,10-11,13H,4-5,7H2,1H3,(H,18,19)(H,20,21). The Bertz CT molecular complexity index is 577. The lowest BCUT2D eigenvalue weighted by atomic mass is 9.73. The van der Waals surface area contributed by atoms with Gasteiger partial charge in [-0.1, -0.05) is 6.07 Å². The Labute approximate surface area is 126 Å². The van der Waals surface area contributed by atoms with Crippen LogP contribution in [0.5, 0.6) is 5.75 Å². The molecule has 0 radical (unpaired) electrons. The van der Waals surface area contributed by atoms with Crippen molar-refractivity contribution in [1.29, 1.82) is 0 Å². The number of carbonyl (C=O) groups is 2. The molecular weight excluding hydrogens is 296 g/mol. The second kappa shape index (κ2) is 6.72. The Morgan fingerprint density at radius 1 is 1.36 bits per heavy atom. The van der Waals surface area contributed by atoms with Crippen molar-refractivity contribution in [3.63, 3.8) is 0 Å². The Morgan fingerprint density at radius 2 is 2.05 bits per heavy atom. The van der Waals surface area contributed by atoms with Crippen LogP contribution in [0.4, 0.5) is 14.5 Å². The van der Waals surface area contributed by atoms with E-state index in [4.69, 9.17) is 9.84 Å². The predicted octanol–water partition coefficient (Wildman–Crippen LogP) is 2.69.